The molecule has 0 aliphatic heterocycles. The molecule has 51 heavy (non-hydrogen) atoms. The highest BCUT2D eigenvalue weighted by Gasteiger charge is 2.17. The van der Waals surface area contributed by atoms with Crippen LogP contribution in [-0.4, -0.2) is 35.5 Å². The highest BCUT2D eigenvalue weighted by Crippen LogP contribution is 2.38. The summed E-state index contributed by atoms with van der Waals surface area (Å²) in [6.45, 7) is 9.99. The van der Waals surface area contributed by atoms with Crippen molar-refractivity contribution < 1.29 is 29.3 Å². The van der Waals surface area contributed by atoms with E-state index >= 15 is 0 Å². The number of aryl methyl sites for hydroxylation is 2. The van der Waals surface area contributed by atoms with E-state index in [9.17, 15) is 19.8 Å². The predicted molar refractivity (Wildman–Crippen MR) is 209 cm³/mol. The molecule has 0 saturated carbocycles. The molecule has 0 aliphatic carbocycles. The number of carbonyl (C=O) groups is 2. The first-order valence-corrected chi connectivity index (χ1v) is 16.7. The number of phenols is 2. The van der Waals surface area contributed by atoms with E-state index in [1.165, 1.54) is 12.2 Å². The van der Waals surface area contributed by atoms with Crippen molar-refractivity contribution in [1.29, 1.82) is 0 Å². The molecule has 8 nitrogen and oxygen atoms in total. The number of ketones is 2. The van der Waals surface area contributed by atoms with E-state index in [1.54, 1.807) is 67.8 Å². The van der Waals surface area contributed by atoms with Gasteiger partial charge < -0.3 is 31.2 Å². The molecule has 266 valence electrons. The number of allylic oxidation sites excluding steroid dienone is 6. The van der Waals surface area contributed by atoms with Crippen molar-refractivity contribution in [3.63, 3.8) is 0 Å². The van der Waals surface area contributed by atoms with Gasteiger partial charge in [-0.3, -0.25) is 9.59 Å². The van der Waals surface area contributed by atoms with Gasteiger partial charge in [0.15, 0.2) is 11.6 Å². The minimum atomic E-state index is -0.171. The Morgan fingerprint density at radius 3 is 1.61 bits per heavy atom. The summed E-state index contributed by atoms with van der Waals surface area (Å²) in [6, 6.07) is 17.3. The minimum Gasteiger partial charge on any atom is -0.507 e. The number of methoxy groups -OCH3 is 1. The topological polar surface area (TPSA) is 145 Å². The largest absolute Gasteiger partial charge is 0.507 e. The van der Waals surface area contributed by atoms with Crippen LogP contribution in [-0.2, 0) is 12.8 Å². The summed E-state index contributed by atoms with van der Waals surface area (Å²) in [4.78, 5) is 24.7. The Morgan fingerprint density at radius 2 is 1.16 bits per heavy atom. The Labute approximate surface area is 301 Å². The van der Waals surface area contributed by atoms with Crippen molar-refractivity contribution in [2.24, 2.45) is 0 Å². The van der Waals surface area contributed by atoms with E-state index < -0.39 is 0 Å². The molecule has 0 aromatic heterocycles. The summed E-state index contributed by atoms with van der Waals surface area (Å²) < 4.78 is 11.2. The van der Waals surface area contributed by atoms with E-state index in [4.69, 9.17) is 20.9 Å². The number of hydrogen-bond acceptors (Lipinski definition) is 8. The van der Waals surface area contributed by atoms with E-state index in [2.05, 4.69) is 0 Å². The Kier molecular flexibility index (Phi) is 14.9. The summed E-state index contributed by atoms with van der Waals surface area (Å²) in [5.41, 5.74) is 18.0. The monoisotopic (exact) mass is 688 g/mol. The van der Waals surface area contributed by atoms with Crippen LogP contribution in [0.15, 0.2) is 97.1 Å². The second-order valence-corrected chi connectivity index (χ2v) is 11.7. The van der Waals surface area contributed by atoms with Gasteiger partial charge in [0.05, 0.1) is 24.8 Å². The molecular formula is C43H48N2O6. The van der Waals surface area contributed by atoms with Crippen LogP contribution >= 0.6 is 0 Å². The van der Waals surface area contributed by atoms with Gasteiger partial charge in [0, 0.05) is 22.5 Å². The van der Waals surface area contributed by atoms with E-state index in [1.807, 2.05) is 71.1 Å². The zero-order valence-electron chi connectivity index (χ0n) is 30.2. The molecular weight excluding hydrogens is 640 g/mol. The molecule has 4 aromatic rings. The van der Waals surface area contributed by atoms with Crippen molar-refractivity contribution in [1.82, 2.24) is 0 Å². The minimum absolute atomic E-state index is 0.125. The van der Waals surface area contributed by atoms with E-state index in [0.29, 0.717) is 64.6 Å². The standard InChI is InChI=1S/C24H27NO3.C19H21NO3/c1-4-6-8-18-16-19(9-7-5-2)24(28-3)21(23(18)27)14-15-22(26)17-10-12-20(25)13-11-17;1-4-23-19-13(3)11-12(2)18(22)16(19)9-10-17(21)14-5-7-15(20)8-6-14/h4-7,10-16,27H,8-9,25H2,1-3H3;5-11,22H,4,20H2,1-3H3/b6-4+,7-5+,15-14+;10-9+. The number of ether oxygens (including phenoxy) is 2. The van der Waals surface area contributed by atoms with Crippen LogP contribution in [0.2, 0.25) is 0 Å². The van der Waals surface area contributed by atoms with Crippen LogP contribution in [0.5, 0.6) is 23.0 Å². The third-order valence-electron chi connectivity index (χ3n) is 7.94. The molecule has 0 atom stereocenters. The summed E-state index contributed by atoms with van der Waals surface area (Å²) >= 11 is 0. The lowest BCUT2D eigenvalue weighted by Crippen LogP contribution is -1.99. The fourth-order valence-corrected chi connectivity index (χ4v) is 5.28. The average Bonchev–Trinajstić information content (AvgIpc) is 3.12. The lowest BCUT2D eigenvalue weighted by Gasteiger charge is -2.15. The van der Waals surface area contributed by atoms with Gasteiger partial charge >= 0.3 is 0 Å². The third-order valence-corrected chi connectivity index (χ3v) is 7.94. The SMILES string of the molecule is C/C=C/Cc1cc(C/C=C/C)c(OC)c(/C=C/C(=O)c2ccc(N)cc2)c1O.CCOc1c(C)cc(C)c(O)c1/C=C/C(=O)c1ccc(N)cc1. The number of phenolic OH excluding ortho intramolecular Hbond substituents is 2. The maximum absolute atomic E-state index is 12.5. The number of rotatable bonds is 13. The second kappa shape index (κ2) is 19.2. The van der Waals surface area contributed by atoms with Crippen molar-refractivity contribution in [2.45, 2.75) is 47.5 Å². The number of hydrogen-bond donors (Lipinski definition) is 4. The molecule has 0 spiro atoms. The molecule has 0 fully saturated rings. The smallest absolute Gasteiger partial charge is 0.185 e. The van der Waals surface area contributed by atoms with Gasteiger partial charge in [-0.1, -0.05) is 24.3 Å². The van der Waals surface area contributed by atoms with Gasteiger partial charge in [-0.25, -0.2) is 0 Å². The lowest BCUT2D eigenvalue weighted by atomic mass is 9.97. The number of aromatic hydroxyl groups is 2. The van der Waals surface area contributed by atoms with Crippen LogP contribution in [0.4, 0.5) is 11.4 Å². The zero-order valence-corrected chi connectivity index (χ0v) is 30.2. The van der Waals surface area contributed by atoms with Crippen molar-refractivity contribution in [3.8, 4) is 23.0 Å². The highest BCUT2D eigenvalue weighted by atomic mass is 16.5. The number of benzene rings is 4. The molecule has 8 heteroatoms. The fraction of sp³-hybridized carbons (Fsp3) is 0.209. The normalized spacial score (nSPS) is 11.3. The third kappa shape index (κ3) is 10.7. The Bertz CT molecular complexity index is 1940. The molecule has 0 amide bonds. The molecule has 4 aromatic carbocycles. The van der Waals surface area contributed by atoms with Crippen molar-refractivity contribution >= 4 is 35.1 Å². The molecule has 0 unspecified atom stereocenters. The summed E-state index contributed by atoms with van der Waals surface area (Å²) in [6.07, 6.45) is 15.3. The van der Waals surface area contributed by atoms with Crippen LogP contribution in [0.1, 0.15) is 74.9 Å². The summed E-state index contributed by atoms with van der Waals surface area (Å²) in [7, 11) is 1.57. The van der Waals surface area contributed by atoms with Gasteiger partial charge in [-0.15, -0.1) is 0 Å². The van der Waals surface area contributed by atoms with Crippen LogP contribution < -0.4 is 20.9 Å². The lowest BCUT2D eigenvalue weighted by molar-refractivity contribution is 0.103. The zero-order chi connectivity index (χ0) is 37.5. The first-order chi connectivity index (χ1) is 24.4. The first-order valence-electron chi connectivity index (χ1n) is 16.7. The Hall–Kier alpha value is -6.02. The van der Waals surface area contributed by atoms with Crippen molar-refractivity contribution in [3.05, 3.63) is 142 Å². The van der Waals surface area contributed by atoms with E-state index in [0.717, 1.165) is 22.3 Å². The van der Waals surface area contributed by atoms with Gasteiger partial charge in [0.25, 0.3) is 0 Å². The quantitative estimate of drug-likeness (QED) is 0.0471. The Morgan fingerprint density at radius 1 is 0.686 bits per heavy atom. The molecule has 0 heterocycles. The molecule has 0 aliphatic rings. The number of anilines is 2. The second-order valence-electron chi connectivity index (χ2n) is 11.7. The van der Waals surface area contributed by atoms with Crippen LogP contribution in [0.3, 0.4) is 0 Å². The highest BCUT2D eigenvalue weighted by molar-refractivity contribution is 6.08. The molecule has 6 N–H and O–H groups in total. The van der Waals surface area contributed by atoms with Crippen LogP contribution in [0.25, 0.3) is 12.2 Å². The maximum Gasteiger partial charge on any atom is 0.185 e. The molecule has 0 saturated heterocycles. The molecule has 4 rings (SSSR count). The number of nitrogens with two attached hydrogens (primary N) is 2. The molecule has 0 radical (unpaired) electrons. The van der Waals surface area contributed by atoms with Gasteiger partial charge in [-0.05, 0) is 155 Å². The number of carbonyl (C=O) groups excluding carboxylic acids is 2. The van der Waals surface area contributed by atoms with Gasteiger partial charge in [-0.2, -0.15) is 0 Å². The van der Waals surface area contributed by atoms with Crippen molar-refractivity contribution in [2.75, 3.05) is 25.2 Å². The fourth-order valence-electron chi connectivity index (χ4n) is 5.28. The first kappa shape index (κ1) is 39.4. The van der Waals surface area contributed by atoms with E-state index in [-0.39, 0.29) is 23.1 Å². The number of nitrogen functional groups attached to an aromatic ring is 2. The van der Waals surface area contributed by atoms with Crippen LogP contribution in [0, 0.1) is 13.8 Å². The maximum atomic E-state index is 12.5. The molecule has 0 bridgehead atoms. The summed E-state index contributed by atoms with van der Waals surface area (Å²) in [5, 5.41) is 21.1. The average molecular weight is 689 g/mol. The summed E-state index contributed by atoms with van der Waals surface area (Å²) in [5.74, 6) is 1.08. The van der Waals surface area contributed by atoms with Gasteiger partial charge in [0.2, 0.25) is 0 Å². The van der Waals surface area contributed by atoms with Gasteiger partial charge in [0.1, 0.15) is 23.0 Å². The predicted octanol–water partition coefficient (Wildman–Crippen LogP) is 9.00. The Balaban J connectivity index is 0.000000281.